The van der Waals surface area contributed by atoms with Gasteiger partial charge in [0.25, 0.3) is 0 Å². The van der Waals surface area contributed by atoms with Crippen LogP contribution in [0.1, 0.15) is 26.7 Å². The van der Waals surface area contributed by atoms with Crippen molar-refractivity contribution in [3.8, 4) is 0 Å². The van der Waals surface area contributed by atoms with Gasteiger partial charge in [0.05, 0.1) is 10.7 Å². The van der Waals surface area contributed by atoms with E-state index in [-0.39, 0.29) is 11.3 Å². The Morgan fingerprint density at radius 1 is 1.53 bits per heavy atom. The van der Waals surface area contributed by atoms with Crippen LogP contribution in [0.4, 0.5) is 5.69 Å². The molecule has 0 bridgehead atoms. The predicted molar refractivity (Wildman–Crippen MR) is 84.1 cm³/mol. The summed E-state index contributed by atoms with van der Waals surface area (Å²) in [5.41, 5.74) is 6.23. The van der Waals surface area contributed by atoms with Crippen LogP contribution >= 0.6 is 27.5 Å². The molecule has 0 saturated heterocycles. The van der Waals surface area contributed by atoms with Gasteiger partial charge in [-0.15, -0.1) is 0 Å². The van der Waals surface area contributed by atoms with E-state index in [4.69, 9.17) is 22.5 Å². The van der Waals surface area contributed by atoms with Gasteiger partial charge in [-0.1, -0.05) is 46.5 Å². The molecule has 4 nitrogen and oxygen atoms in total. The van der Waals surface area contributed by atoms with Crippen molar-refractivity contribution in [3.63, 3.8) is 0 Å². The van der Waals surface area contributed by atoms with Crippen LogP contribution in [-0.2, 0) is 0 Å². The normalized spacial score (nSPS) is 12.5. The Morgan fingerprint density at radius 3 is 2.84 bits per heavy atom. The smallest absolute Gasteiger partial charge is 0.144 e. The number of oxime groups is 1. The average Bonchev–Trinajstić information content (AvgIpc) is 2.37. The molecule has 106 valence electrons. The highest BCUT2D eigenvalue weighted by atomic mass is 79.9. The third kappa shape index (κ3) is 4.91. The number of hydrogen-bond donors (Lipinski definition) is 3. The quantitative estimate of drug-likeness (QED) is 0.239. The summed E-state index contributed by atoms with van der Waals surface area (Å²) in [6, 6.07) is 5.68. The maximum absolute atomic E-state index is 8.70. The minimum absolute atomic E-state index is 0.257. The van der Waals surface area contributed by atoms with Gasteiger partial charge in [0.2, 0.25) is 0 Å². The van der Waals surface area contributed by atoms with Gasteiger partial charge >= 0.3 is 0 Å². The summed E-state index contributed by atoms with van der Waals surface area (Å²) in [5, 5.41) is 15.7. The fraction of sp³-hybridized carbons (Fsp3) is 0.462. The van der Waals surface area contributed by atoms with Crippen molar-refractivity contribution in [2.45, 2.75) is 26.7 Å². The molecule has 0 aliphatic heterocycles. The molecule has 0 aliphatic rings. The van der Waals surface area contributed by atoms with Crippen LogP contribution < -0.4 is 11.1 Å². The molecule has 19 heavy (non-hydrogen) atoms. The Hall–Kier alpha value is -0.940. The van der Waals surface area contributed by atoms with Gasteiger partial charge < -0.3 is 16.3 Å². The first-order chi connectivity index (χ1) is 8.86. The second-order valence-corrected chi connectivity index (χ2v) is 6.35. The number of benzene rings is 1. The van der Waals surface area contributed by atoms with Gasteiger partial charge in [-0.05, 0) is 31.0 Å². The van der Waals surface area contributed by atoms with Crippen molar-refractivity contribution in [1.29, 1.82) is 0 Å². The minimum atomic E-state index is -0.308. The van der Waals surface area contributed by atoms with E-state index in [1.165, 1.54) is 0 Å². The summed E-state index contributed by atoms with van der Waals surface area (Å²) in [6.45, 7) is 4.68. The van der Waals surface area contributed by atoms with Crippen molar-refractivity contribution < 1.29 is 5.21 Å². The second-order valence-electron chi connectivity index (χ2n) is 5.02. The van der Waals surface area contributed by atoms with Crippen LogP contribution in [0.5, 0.6) is 0 Å². The Labute approximate surface area is 127 Å². The average molecular weight is 349 g/mol. The van der Waals surface area contributed by atoms with Crippen molar-refractivity contribution in [3.05, 3.63) is 27.7 Å². The van der Waals surface area contributed by atoms with Crippen molar-refractivity contribution >= 4 is 39.1 Å². The molecular formula is C13H19BrClN3O. The number of rotatable bonds is 6. The van der Waals surface area contributed by atoms with Gasteiger partial charge in [-0.2, -0.15) is 0 Å². The van der Waals surface area contributed by atoms with Crippen molar-refractivity contribution in [2.75, 3.05) is 11.9 Å². The molecule has 0 unspecified atom stereocenters. The van der Waals surface area contributed by atoms with Crippen LogP contribution in [0.15, 0.2) is 27.8 Å². The molecule has 1 aromatic rings. The van der Waals surface area contributed by atoms with E-state index in [0.29, 0.717) is 5.02 Å². The molecule has 0 heterocycles. The van der Waals surface area contributed by atoms with Gasteiger partial charge in [-0.3, -0.25) is 0 Å². The number of amidine groups is 1. The number of halogens is 2. The lowest BCUT2D eigenvalue weighted by atomic mass is 9.86. The van der Waals surface area contributed by atoms with Gasteiger partial charge in [0, 0.05) is 16.4 Å². The summed E-state index contributed by atoms with van der Waals surface area (Å²) >= 11 is 9.49. The third-order valence-electron chi connectivity index (χ3n) is 3.02. The van der Waals surface area contributed by atoms with E-state index >= 15 is 0 Å². The summed E-state index contributed by atoms with van der Waals surface area (Å²) in [6.07, 6.45) is 1.72. The van der Waals surface area contributed by atoms with Gasteiger partial charge in [0.1, 0.15) is 5.84 Å². The lowest BCUT2D eigenvalue weighted by molar-refractivity contribution is 0.305. The monoisotopic (exact) mass is 347 g/mol. The topological polar surface area (TPSA) is 70.6 Å². The molecule has 4 N–H and O–H groups in total. The van der Waals surface area contributed by atoms with E-state index in [0.717, 1.165) is 29.5 Å². The fourth-order valence-electron chi connectivity index (χ4n) is 1.65. The Kier molecular flexibility index (Phi) is 5.94. The molecule has 0 atom stereocenters. The van der Waals surface area contributed by atoms with Crippen LogP contribution in [0.25, 0.3) is 0 Å². The largest absolute Gasteiger partial charge is 0.409 e. The molecular weight excluding hydrogens is 330 g/mol. The summed E-state index contributed by atoms with van der Waals surface area (Å²) in [7, 11) is 0. The number of nitrogens with two attached hydrogens (primary N) is 1. The van der Waals surface area contributed by atoms with E-state index in [2.05, 4.69) is 26.4 Å². The van der Waals surface area contributed by atoms with E-state index < -0.39 is 0 Å². The SMILES string of the molecule is CC(C)(CCCNc1cc(Br)ccc1Cl)C(N)=NO. The zero-order valence-corrected chi connectivity index (χ0v) is 13.4. The molecule has 0 fully saturated rings. The van der Waals surface area contributed by atoms with E-state index in [1.807, 2.05) is 32.0 Å². The number of hydrogen-bond acceptors (Lipinski definition) is 3. The molecule has 1 aromatic carbocycles. The first-order valence-electron chi connectivity index (χ1n) is 6.04. The molecule has 0 aromatic heterocycles. The molecule has 0 radical (unpaired) electrons. The minimum Gasteiger partial charge on any atom is -0.409 e. The standard InChI is InChI=1S/C13H19BrClN3O/c1-13(2,12(16)18-19)6-3-7-17-11-8-9(14)4-5-10(11)15/h4-5,8,17,19H,3,6-7H2,1-2H3,(H2,16,18). The molecule has 6 heteroatoms. The molecule has 1 rings (SSSR count). The van der Waals surface area contributed by atoms with Gasteiger partial charge in [0.15, 0.2) is 0 Å². The lowest BCUT2D eigenvalue weighted by Crippen LogP contribution is -2.32. The van der Waals surface area contributed by atoms with Crippen LogP contribution in [0, 0.1) is 5.41 Å². The van der Waals surface area contributed by atoms with Gasteiger partial charge in [-0.25, -0.2) is 0 Å². The van der Waals surface area contributed by atoms with Crippen molar-refractivity contribution in [2.24, 2.45) is 16.3 Å². The maximum atomic E-state index is 8.70. The van der Waals surface area contributed by atoms with Crippen LogP contribution in [-0.4, -0.2) is 17.6 Å². The maximum Gasteiger partial charge on any atom is 0.144 e. The second kappa shape index (κ2) is 7.01. The lowest BCUT2D eigenvalue weighted by Gasteiger charge is -2.22. The molecule has 0 saturated carbocycles. The molecule has 0 aliphatic carbocycles. The summed E-state index contributed by atoms with van der Waals surface area (Å²) in [5.74, 6) is 0.257. The highest BCUT2D eigenvalue weighted by molar-refractivity contribution is 9.10. The first-order valence-corrected chi connectivity index (χ1v) is 7.21. The number of nitrogens with one attached hydrogen (secondary N) is 1. The summed E-state index contributed by atoms with van der Waals surface area (Å²) < 4.78 is 0.983. The zero-order valence-electron chi connectivity index (χ0n) is 11.1. The van der Waals surface area contributed by atoms with Crippen LogP contribution in [0.2, 0.25) is 5.02 Å². The number of anilines is 1. The Morgan fingerprint density at radius 2 is 2.21 bits per heavy atom. The van der Waals surface area contributed by atoms with E-state index in [1.54, 1.807) is 0 Å². The number of nitrogens with zero attached hydrogens (tertiary/aromatic N) is 1. The molecule has 0 spiro atoms. The Bertz CT molecular complexity index is 463. The molecule has 0 amide bonds. The first kappa shape index (κ1) is 16.1. The fourth-order valence-corrected chi connectivity index (χ4v) is 2.20. The van der Waals surface area contributed by atoms with Crippen molar-refractivity contribution in [1.82, 2.24) is 0 Å². The predicted octanol–water partition coefficient (Wildman–Crippen LogP) is 4.07. The van der Waals surface area contributed by atoms with E-state index in [9.17, 15) is 0 Å². The third-order valence-corrected chi connectivity index (χ3v) is 3.85. The highest BCUT2D eigenvalue weighted by Gasteiger charge is 2.22. The Balaban J connectivity index is 2.45. The zero-order chi connectivity index (χ0) is 14.5. The van der Waals surface area contributed by atoms with Crippen LogP contribution in [0.3, 0.4) is 0 Å². The highest BCUT2D eigenvalue weighted by Crippen LogP contribution is 2.26. The summed E-state index contributed by atoms with van der Waals surface area (Å²) in [4.78, 5) is 0.